The quantitative estimate of drug-likeness (QED) is 0.276. The SMILES string of the molecule is c1ccc(-n2c3cccc4oc5ccc6c(c5c43)c3c2cccc3n6-c2ccccc2)cc1. The van der Waals surface area contributed by atoms with E-state index in [1.165, 1.54) is 38.1 Å². The van der Waals surface area contributed by atoms with E-state index < -0.39 is 0 Å². The second-order valence-electron chi connectivity index (χ2n) is 8.60. The van der Waals surface area contributed by atoms with Crippen LogP contribution in [0.1, 0.15) is 0 Å². The van der Waals surface area contributed by atoms with Crippen LogP contribution in [0.2, 0.25) is 0 Å². The Morgan fingerprint density at radius 1 is 0.364 bits per heavy atom. The molecular formula is C30H18N2O. The fraction of sp³-hybridized carbons (Fsp3) is 0. The van der Waals surface area contributed by atoms with Crippen molar-refractivity contribution in [3.05, 3.63) is 109 Å². The van der Waals surface area contributed by atoms with Crippen LogP contribution in [-0.4, -0.2) is 9.13 Å². The highest BCUT2D eigenvalue weighted by molar-refractivity contribution is 6.33. The minimum atomic E-state index is 0.921. The van der Waals surface area contributed by atoms with Crippen molar-refractivity contribution in [3.63, 3.8) is 0 Å². The van der Waals surface area contributed by atoms with Gasteiger partial charge in [-0.3, -0.25) is 0 Å². The number of aromatic nitrogens is 2. The van der Waals surface area contributed by atoms with Crippen molar-refractivity contribution in [1.29, 1.82) is 0 Å². The summed E-state index contributed by atoms with van der Waals surface area (Å²) in [5.74, 6) is 0. The number of para-hydroxylation sites is 2. The molecule has 0 saturated heterocycles. The molecule has 0 spiro atoms. The molecule has 0 aliphatic heterocycles. The van der Waals surface area contributed by atoms with Crippen molar-refractivity contribution >= 4 is 54.8 Å². The average molecular weight is 422 g/mol. The minimum absolute atomic E-state index is 0.921. The first-order valence-electron chi connectivity index (χ1n) is 11.2. The molecule has 0 amide bonds. The number of benzene rings is 5. The first-order chi connectivity index (χ1) is 16.4. The van der Waals surface area contributed by atoms with Crippen molar-refractivity contribution in [2.45, 2.75) is 0 Å². The summed E-state index contributed by atoms with van der Waals surface area (Å²) in [6, 6.07) is 38.6. The van der Waals surface area contributed by atoms with Gasteiger partial charge >= 0.3 is 0 Å². The van der Waals surface area contributed by atoms with E-state index in [4.69, 9.17) is 4.42 Å². The normalized spacial score (nSPS) is 12.2. The standard InChI is InChI=1S/C30H18N2O/c1-3-9-19(10-4-1)31-21-13-7-14-22-27(21)29-24(32(22)20-11-5-2-6-12-20)17-18-26-30(29)28-23(31)15-8-16-25(28)33-26/h1-18H. The fourth-order valence-electron chi connectivity index (χ4n) is 5.63. The molecule has 33 heavy (non-hydrogen) atoms. The maximum atomic E-state index is 6.38. The predicted octanol–water partition coefficient (Wildman–Crippen LogP) is 8.06. The predicted molar refractivity (Wildman–Crippen MR) is 136 cm³/mol. The third-order valence-corrected chi connectivity index (χ3v) is 6.88. The van der Waals surface area contributed by atoms with Crippen LogP contribution in [0, 0.1) is 0 Å². The molecule has 0 aliphatic rings. The summed E-state index contributed by atoms with van der Waals surface area (Å²) in [6.45, 7) is 0. The Bertz CT molecular complexity index is 1950. The topological polar surface area (TPSA) is 23.0 Å². The first-order valence-corrected chi connectivity index (χ1v) is 11.2. The molecule has 0 radical (unpaired) electrons. The second kappa shape index (κ2) is 6.05. The molecule has 0 unspecified atom stereocenters. The zero-order chi connectivity index (χ0) is 21.5. The Kier molecular flexibility index (Phi) is 3.14. The van der Waals surface area contributed by atoms with Crippen LogP contribution in [0.15, 0.2) is 114 Å². The average Bonchev–Trinajstić information content (AvgIpc) is 3.37. The van der Waals surface area contributed by atoms with Crippen LogP contribution in [0.3, 0.4) is 0 Å². The highest BCUT2D eigenvalue weighted by Gasteiger charge is 2.24. The summed E-state index contributed by atoms with van der Waals surface area (Å²) >= 11 is 0. The molecular weight excluding hydrogens is 404 g/mol. The molecule has 8 aromatic rings. The minimum Gasteiger partial charge on any atom is -0.456 e. The molecule has 5 aromatic carbocycles. The molecule has 3 nitrogen and oxygen atoms in total. The Labute approximate surface area is 189 Å². The largest absolute Gasteiger partial charge is 0.456 e. The molecule has 3 heterocycles. The lowest BCUT2D eigenvalue weighted by Gasteiger charge is -2.12. The monoisotopic (exact) mass is 422 g/mol. The maximum Gasteiger partial charge on any atom is 0.137 e. The van der Waals surface area contributed by atoms with Gasteiger partial charge in [-0.05, 0) is 60.7 Å². The second-order valence-corrected chi connectivity index (χ2v) is 8.60. The first kappa shape index (κ1) is 17.1. The van der Waals surface area contributed by atoms with Crippen LogP contribution in [0.25, 0.3) is 66.2 Å². The lowest BCUT2D eigenvalue weighted by Crippen LogP contribution is -1.97. The molecule has 0 bridgehead atoms. The van der Waals surface area contributed by atoms with Gasteiger partial charge in [-0.25, -0.2) is 0 Å². The van der Waals surface area contributed by atoms with E-state index in [-0.39, 0.29) is 0 Å². The van der Waals surface area contributed by atoms with E-state index in [1.807, 2.05) is 0 Å². The Hall–Kier alpha value is -4.50. The van der Waals surface area contributed by atoms with E-state index in [0.717, 1.165) is 28.1 Å². The van der Waals surface area contributed by atoms with Gasteiger partial charge in [0, 0.05) is 27.5 Å². The molecule has 0 N–H and O–H groups in total. The molecule has 3 heteroatoms. The van der Waals surface area contributed by atoms with Gasteiger partial charge in [0.2, 0.25) is 0 Å². The van der Waals surface area contributed by atoms with E-state index in [9.17, 15) is 0 Å². The van der Waals surface area contributed by atoms with Crippen molar-refractivity contribution in [2.24, 2.45) is 0 Å². The summed E-state index contributed by atoms with van der Waals surface area (Å²) in [5, 5.41) is 4.88. The maximum absolute atomic E-state index is 6.38. The highest BCUT2D eigenvalue weighted by atomic mass is 16.3. The number of hydrogen-bond acceptors (Lipinski definition) is 1. The molecule has 0 saturated carbocycles. The van der Waals surface area contributed by atoms with Crippen molar-refractivity contribution in [3.8, 4) is 11.4 Å². The lowest BCUT2D eigenvalue weighted by atomic mass is 10.1. The Morgan fingerprint density at radius 3 is 1.52 bits per heavy atom. The summed E-state index contributed by atoms with van der Waals surface area (Å²) in [4.78, 5) is 0. The van der Waals surface area contributed by atoms with E-state index in [0.29, 0.717) is 0 Å². The van der Waals surface area contributed by atoms with Gasteiger partial charge in [-0.1, -0.05) is 48.5 Å². The highest BCUT2D eigenvalue weighted by Crippen LogP contribution is 2.46. The third kappa shape index (κ3) is 2.09. The molecule has 8 rings (SSSR count). The van der Waals surface area contributed by atoms with Crippen LogP contribution in [-0.2, 0) is 0 Å². The van der Waals surface area contributed by atoms with Gasteiger partial charge in [0.05, 0.1) is 27.5 Å². The molecule has 0 atom stereocenters. The van der Waals surface area contributed by atoms with Crippen LogP contribution in [0.5, 0.6) is 0 Å². The number of nitrogens with zero attached hydrogens (tertiary/aromatic N) is 2. The summed E-state index contributed by atoms with van der Waals surface area (Å²) < 4.78 is 11.1. The zero-order valence-corrected chi connectivity index (χ0v) is 17.7. The number of rotatable bonds is 2. The van der Waals surface area contributed by atoms with Crippen LogP contribution < -0.4 is 0 Å². The number of hydrogen-bond donors (Lipinski definition) is 0. The molecule has 0 aliphatic carbocycles. The van der Waals surface area contributed by atoms with Gasteiger partial charge in [0.15, 0.2) is 0 Å². The number of furan rings is 1. The Balaban J connectivity index is 1.76. The van der Waals surface area contributed by atoms with E-state index in [2.05, 4.69) is 118 Å². The van der Waals surface area contributed by atoms with E-state index >= 15 is 0 Å². The summed E-state index contributed by atoms with van der Waals surface area (Å²) in [5.41, 5.74) is 8.89. The van der Waals surface area contributed by atoms with Crippen molar-refractivity contribution in [1.82, 2.24) is 9.13 Å². The fourth-order valence-corrected chi connectivity index (χ4v) is 5.63. The molecule has 0 fully saturated rings. The smallest absolute Gasteiger partial charge is 0.137 e. The summed E-state index contributed by atoms with van der Waals surface area (Å²) in [7, 11) is 0. The van der Waals surface area contributed by atoms with Gasteiger partial charge in [0.25, 0.3) is 0 Å². The van der Waals surface area contributed by atoms with E-state index in [1.54, 1.807) is 0 Å². The van der Waals surface area contributed by atoms with Gasteiger partial charge in [-0.15, -0.1) is 0 Å². The summed E-state index contributed by atoms with van der Waals surface area (Å²) in [6.07, 6.45) is 0. The van der Waals surface area contributed by atoms with Crippen LogP contribution >= 0.6 is 0 Å². The van der Waals surface area contributed by atoms with Crippen LogP contribution in [0.4, 0.5) is 0 Å². The third-order valence-electron chi connectivity index (χ3n) is 6.88. The lowest BCUT2D eigenvalue weighted by molar-refractivity contribution is 0.669. The molecule has 154 valence electrons. The molecule has 3 aromatic heterocycles. The van der Waals surface area contributed by atoms with Crippen molar-refractivity contribution in [2.75, 3.05) is 0 Å². The zero-order valence-electron chi connectivity index (χ0n) is 17.7. The van der Waals surface area contributed by atoms with Gasteiger partial charge < -0.3 is 13.6 Å². The van der Waals surface area contributed by atoms with Gasteiger partial charge in [0.1, 0.15) is 11.2 Å². The van der Waals surface area contributed by atoms with Crippen molar-refractivity contribution < 1.29 is 4.42 Å². The Morgan fingerprint density at radius 2 is 0.879 bits per heavy atom. The van der Waals surface area contributed by atoms with Gasteiger partial charge in [-0.2, -0.15) is 0 Å².